The van der Waals surface area contributed by atoms with Crippen molar-refractivity contribution in [3.8, 4) is 0 Å². The first-order valence-electron chi connectivity index (χ1n) is 3.85. The summed E-state index contributed by atoms with van der Waals surface area (Å²) >= 11 is 0. The zero-order chi connectivity index (χ0) is 9.35. The molecule has 1 heterocycles. The summed E-state index contributed by atoms with van der Waals surface area (Å²) in [5.74, 6) is 0.628. The second-order valence-electron chi connectivity index (χ2n) is 3.18. The molecule has 0 bridgehead atoms. The van der Waals surface area contributed by atoms with Crippen LogP contribution in [0.1, 0.15) is 23.9 Å². The van der Waals surface area contributed by atoms with Gasteiger partial charge in [-0.25, -0.2) is 0 Å². The first kappa shape index (κ1) is 9.22. The maximum atomic E-state index is 9.82. The highest BCUT2D eigenvalue weighted by atomic mass is 16.5. The molecule has 0 radical (unpaired) electrons. The van der Waals surface area contributed by atoms with Gasteiger partial charge in [0.05, 0.1) is 5.69 Å². The van der Waals surface area contributed by atoms with Gasteiger partial charge in [-0.05, 0) is 20.8 Å². The van der Waals surface area contributed by atoms with Crippen LogP contribution in [-0.2, 0) is 5.60 Å². The van der Waals surface area contributed by atoms with Crippen LogP contribution in [0, 0.1) is 13.8 Å². The van der Waals surface area contributed by atoms with Crippen molar-refractivity contribution in [2.45, 2.75) is 26.4 Å². The molecule has 0 aliphatic rings. The van der Waals surface area contributed by atoms with Gasteiger partial charge in [0, 0.05) is 12.1 Å². The summed E-state index contributed by atoms with van der Waals surface area (Å²) in [7, 11) is 0. The molecule has 0 aliphatic heterocycles. The Morgan fingerprint density at radius 2 is 2.17 bits per heavy atom. The Labute approximate surface area is 71.4 Å². The molecule has 0 amide bonds. The van der Waals surface area contributed by atoms with Crippen molar-refractivity contribution in [1.29, 1.82) is 0 Å². The highest BCUT2D eigenvalue weighted by molar-refractivity contribution is 5.27. The predicted molar refractivity (Wildman–Crippen MR) is 44.6 cm³/mol. The molecule has 3 N–H and O–H groups in total. The number of aliphatic hydroxyl groups is 1. The second kappa shape index (κ2) is 2.88. The van der Waals surface area contributed by atoms with Crippen molar-refractivity contribution in [3.63, 3.8) is 0 Å². The molecular weight excluding hydrogens is 156 g/mol. The fourth-order valence-corrected chi connectivity index (χ4v) is 1.35. The van der Waals surface area contributed by atoms with Crippen molar-refractivity contribution in [2.75, 3.05) is 6.54 Å². The molecule has 1 aromatic heterocycles. The Morgan fingerprint density at radius 3 is 2.50 bits per heavy atom. The summed E-state index contributed by atoms with van der Waals surface area (Å²) in [5, 5.41) is 13.6. The largest absolute Gasteiger partial charge is 0.384 e. The van der Waals surface area contributed by atoms with E-state index in [1.165, 1.54) is 0 Å². The Hall–Kier alpha value is -0.870. The molecule has 4 heteroatoms. The lowest BCUT2D eigenvalue weighted by Crippen LogP contribution is -2.32. The standard InChI is InChI=1S/C8H14N2O2/c1-5-7(6(2)12-10-5)8(3,11)4-9/h11H,4,9H2,1-3H3. The molecular formula is C8H14N2O2. The fraction of sp³-hybridized carbons (Fsp3) is 0.625. The van der Waals surface area contributed by atoms with Gasteiger partial charge in [-0.1, -0.05) is 5.16 Å². The average molecular weight is 170 g/mol. The average Bonchev–Trinajstić information content (AvgIpc) is 2.31. The van der Waals surface area contributed by atoms with Crippen LogP contribution in [-0.4, -0.2) is 16.8 Å². The van der Waals surface area contributed by atoms with Crippen molar-refractivity contribution < 1.29 is 9.63 Å². The number of aromatic nitrogens is 1. The molecule has 0 spiro atoms. The molecule has 1 unspecified atom stereocenters. The zero-order valence-corrected chi connectivity index (χ0v) is 7.59. The van der Waals surface area contributed by atoms with Crippen LogP contribution in [0.2, 0.25) is 0 Å². The van der Waals surface area contributed by atoms with Crippen LogP contribution >= 0.6 is 0 Å². The fourth-order valence-electron chi connectivity index (χ4n) is 1.35. The number of rotatable bonds is 2. The molecule has 0 aliphatic carbocycles. The first-order chi connectivity index (χ1) is 5.49. The number of nitrogens with two attached hydrogens (primary N) is 1. The number of aryl methyl sites for hydroxylation is 2. The minimum Gasteiger partial charge on any atom is -0.384 e. The van der Waals surface area contributed by atoms with Crippen LogP contribution in [0.3, 0.4) is 0 Å². The van der Waals surface area contributed by atoms with Gasteiger partial charge in [0.15, 0.2) is 0 Å². The molecule has 0 fully saturated rings. The van der Waals surface area contributed by atoms with Gasteiger partial charge in [-0.2, -0.15) is 0 Å². The van der Waals surface area contributed by atoms with Gasteiger partial charge < -0.3 is 15.4 Å². The van der Waals surface area contributed by atoms with Gasteiger partial charge in [-0.15, -0.1) is 0 Å². The molecule has 0 saturated heterocycles. The Morgan fingerprint density at radius 1 is 1.58 bits per heavy atom. The smallest absolute Gasteiger partial charge is 0.140 e. The van der Waals surface area contributed by atoms with Crippen LogP contribution in [0.15, 0.2) is 4.52 Å². The van der Waals surface area contributed by atoms with E-state index in [0.717, 1.165) is 0 Å². The zero-order valence-electron chi connectivity index (χ0n) is 7.59. The second-order valence-corrected chi connectivity index (χ2v) is 3.18. The van der Waals surface area contributed by atoms with Crippen molar-refractivity contribution in [3.05, 3.63) is 17.0 Å². The monoisotopic (exact) mass is 170 g/mol. The molecule has 12 heavy (non-hydrogen) atoms. The first-order valence-corrected chi connectivity index (χ1v) is 3.85. The predicted octanol–water partition coefficient (Wildman–Crippen LogP) is 0.458. The van der Waals surface area contributed by atoms with Gasteiger partial charge in [0.25, 0.3) is 0 Å². The lowest BCUT2D eigenvalue weighted by atomic mass is 9.95. The van der Waals surface area contributed by atoms with Crippen LogP contribution in [0.5, 0.6) is 0 Å². The lowest BCUT2D eigenvalue weighted by Gasteiger charge is -2.20. The van der Waals surface area contributed by atoms with Crippen molar-refractivity contribution >= 4 is 0 Å². The normalized spacial score (nSPS) is 16.1. The highest BCUT2D eigenvalue weighted by Gasteiger charge is 2.28. The lowest BCUT2D eigenvalue weighted by molar-refractivity contribution is 0.0647. The maximum Gasteiger partial charge on any atom is 0.140 e. The van der Waals surface area contributed by atoms with E-state index >= 15 is 0 Å². The molecule has 68 valence electrons. The Bertz CT molecular complexity index is 259. The SMILES string of the molecule is Cc1noc(C)c1C(C)(O)CN. The third-order valence-electron chi connectivity index (χ3n) is 1.97. The van der Waals surface area contributed by atoms with E-state index in [9.17, 15) is 5.11 Å². The van der Waals surface area contributed by atoms with Gasteiger partial charge in [0.2, 0.25) is 0 Å². The topological polar surface area (TPSA) is 72.3 Å². The summed E-state index contributed by atoms with van der Waals surface area (Å²) in [5.41, 5.74) is 5.78. The highest BCUT2D eigenvalue weighted by Crippen LogP contribution is 2.25. The van der Waals surface area contributed by atoms with E-state index in [2.05, 4.69) is 5.16 Å². The van der Waals surface area contributed by atoms with Gasteiger partial charge >= 0.3 is 0 Å². The van der Waals surface area contributed by atoms with Crippen LogP contribution < -0.4 is 5.73 Å². The summed E-state index contributed by atoms with van der Waals surface area (Å²) in [6.07, 6.45) is 0. The number of hydrogen-bond donors (Lipinski definition) is 2. The molecule has 1 atom stereocenters. The minimum atomic E-state index is -1.03. The van der Waals surface area contributed by atoms with Gasteiger partial charge in [0.1, 0.15) is 11.4 Å². The summed E-state index contributed by atoms with van der Waals surface area (Å²) in [4.78, 5) is 0. The molecule has 1 rings (SSSR count). The van der Waals surface area contributed by atoms with E-state index in [1.54, 1.807) is 20.8 Å². The molecule has 0 saturated carbocycles. The number of hydrogen-bond acceptors (Lipinski definition) is 4. The third-order valence-corrected chi connectivity index (χ3v) is 1.97. The Balaban J connectivity index is 3.17. The maximum absolute atomic E-state index is 9.82. The molecule has 1 aromatic rings. The molecule has 0 aromatic carbocycles. The quantitative estimate of drug-likeness (QED) is 0.676. The van der Waals surface area contributed by atoms with E-state index in [4.69, 9.17) is 10.3 Å². The van der Waals surface area contributed by atoms with Crippen molar-refractivity contribution in [2.24, 2.45) is 5.73 Å². The van der Waals surface area contributed by atoms with Crippen LogP contribution in [0.4, 0.5) is 0 Å². The number of nitrogens with zero attached hydrogens (tertiary/aromatic N) is 1. The Kier molecular flexibility index (Phi) is 2.21. The van der Waals surface area contributed by atoms with Gasteiger partial charge in [-0.3, -0.25) is 0 Å². The van der Waals surface area contributed by atoms with E-state index in [-0.39, 0.29) is 6.54 Å². The van der Waals surface area contributed by atoms with E-state index in [1.807, 2.05) is 0 Å². The van der Waals surface area contributed by atoms with E-state index < -0.39 is 5.60 Å². The third kappa shape index (κ3) is 1.35. The van der Waals surface area contributed by atoms with Crippen molar-refractivity contribution in [1.82, 2.24) is 5.16 Å². The van der Waals surface area contributed by atoms with E-state index in [0.29, 0.717) is 17.0 Å². The summed E-state index contributed by atoms with van der Waals surface area (Å²) in [6, 6.07) is 0. The minimum absolute atomic E-state index is 0.163. The van der Waals surface area contributed by atoms with Crippen LogP contribution in [0.25, 0.3) is 0 Å². The summed E-state index contributed by atoms with van der Waals surface area (Å²) < 4.78 is 4.92. The summed E-state index contributed by atoms with van der Waals surface area (Å²) in [6.45, 7) is 5.37. The molecule has 4 nitrogen and oxygen atoms in total.